The van der Waals surface area contributed by atoms with Gasteiger partial charge in [-0.1, -0.05) is 19.9 Å². The van der Waals surface area contributed by atoms with Gasteiger partial charge in [0, 0.05) is 29.7 Å². The van der Waals surface area contributed by atoms with Crippen LogP contribution < -0.4 is 5.43 Å². The number of nitrogens with one attached hydrogen (secondary N) is 1. The van der Waals surface area contributed by atoms with Crippen LogP contribution in [0.25, 0.3) is 0 Å². The highest BCUT2D eigenvalue weighted by Gasteiger charge is 2.09. The van der Waals surface area contributed by atoms with Crippen molar-refractivity contribution >= 4 is 12.1 Å². The van der Waals surface area contributed by atoms with Crippen molar-refractivity contribution in [3.05, 3.63) is 53.1 Å². The summed E-state index contributed by atoms with van der Waals surface area (Å²) in [6.45, 7) is 9.52. The zero-order valence-electron chi connectivity index (χ0n) is 13.5. The molecule has 0 bridgehead atoms. The maximum Gasteiger partial charge on any atom is 0.289 e. The summed E-state index contributed by atoms with van der Waals surface area (Å²) in [5.74, 6) is 0.270. The quantitative estimate of drug-likeness (QED) is 0.681. The van der Waals surface area contributed by atoms with Gasteiger partial charge in [-0.15, -0.1) is 0 Å². The van der Waals surface area contributed by atoms with Crippen LogP contribution in [0.3, 0.4) is 0 Å². The summed E-state index contributed by atoms with van der Waals surface area (Å²) >= 11 is 0. The van der Waals surface area contributed by atoms with E-state index in [9.17, 15) is 4.79 Å². The Morgan fingerprint density at radius 1 is 1.41 bits per heavy atom. The molecule has 5 heteroatoms. The van der Waals surface area contributed by atoms with Gasteiger partial charge >= 0.3 is 0 Å². The van der Waals surface area contributed by atoms with E-state index in [-0.39, 0.29) is 5.91 Å². The van der Waals surface area contributed by atoms with E-state index in [0.717, 1.165) is 17.8 Å². The molecule has 0 saturated heterocycles. The standard InChI is InChI=1S/C17H22N4O/c1-12(2)11-21-13(3)9-15(14(21)4)10-19-20-17(22)16-7-5-6-8-18-16/h5-10,12H,11H2,1-4H3,(H,20,22). The lowest BCUT2D eigenvalue weighted by Crippen LogP contribution is -2.18. The number of amides is 1. The van der Waals surface area contributed by atoms with Crippen molar-refractivity contribution in [2.45, 2.75) is 34.2 Å². The molecule has 5 nitrogen and oxygen atoms in total. The lowest BCUT2D eigenvalue weighted by atomic mass is 10.2. The van der Waals surface area contributed by atoms with Crippen LogP contribution >= 0.6 is 0 Å². The van der Waals surface area contributed by atoms with Crippen LogP contribution in [0.15, 0.2) is 35.6 Å². The third kappa shape index (κ3) is 3.81. The maximum atomic E-state index is 11.8. The molecule has 116 valence electrons. The molecule has 2 aromatic rings. The smallest absolute Gasteiger partial charge is 0.289 e. The summed E-state index contributed by atoms with van der Waals surface area (Å²) < 4.78 is 2.27. The van der Waals surface area contributed by atoms with Crippen LogP contribution in [0.4, 0.5) is 0 Å². The summed E-state index contributed by atoms with van der Waals surface area (Å²) in [7, 11) is 0. The third-order valence-electron chi connectivity index (χ3n) is 3.43. The summed E-state index contributed by atoms with van der Waals surface area (Å²) in [5, 5.41) is 4.03. The molecule has 0 aromatic carbocycles. The van der Waals surface area contributed by atoms with Crippen molar-refractivity contribution in [3.8, 4) is 0 Å². The first-order valence-electron chi connectivity index (χ1n) is 7.40. The van der Waals surface area contributed by atoms with Crippen molar-refractivity contribution in [2.75, 3.05) is 0 Å². The number of rotatable bonds is 5. The fourth-order valence-corrected chi connectivity index (χ4v) is 2.32. The molecular formula is C17H22N4O. The van der Waals surface area contributed by atoms with Gasteiger partial charge in [-0.25, -0.2) is 5.43 Å². The summed E-state index contributed by atoms with van der Waals surface area (Å²) in [5.41, 5.74) is 6.22. The van der Waals surface area contributed by atoms with Crippen LogP contribution in [-0.4, -0.2) is 21.7 Å². The van der Waals surface area contributed by atoms with Crippen molar-refractivity contribution < 1.29 is 4.79 Å². The Bertz CT molecular complexity index is 671. The first-order valence-corrected chi connectivity index (χ1v) is 7.40. The molecule has 1 N–H and O–H groups in total. The largest absolute Gasteiger partial charge is 0.348 e. The molecule has 22 heavy (non-hydrogen) atoms. The first kappa shape index (κ1) is 15.9. The van der Waals surface area contributed by atoms with Gasteiger partial charge in [0.1, 0.15) is 5.69 Å². The summed E-state index contributed by atoms with van der Waals surface area (Å²) in [4.78, 5) is 15.8. The number of carbonyl (C=O) groups is 1. The van der Waals surface area contributed by atoms with Crippen molar-refractivity contribution in [2.24, 2.45) is 11.0 Å². The van der Waals surface area contributed by atoms with Gasteiger partial charge in [0.25, 0.3) is 5.91 Å². The average molecular weight is 298 g/mol. The Morgan fingerprint density at radius 3 is 2.82 bits per heavy atom. The van der Waals surface area contributed by atoms with E-state index < -0.39 is 0 Å². The number of pyridine rings is 1. The van der Waals surface area contributed by atoms with E-state index >= 15 is 0 Å². The minimum atomic E-state index is -0.312. The van der Waals surface area contributed by atoms with E-state index in [1.807, 2.05) is 0 Å². The zero-order chi connectivity index (χ0) is 16.1. The molecule has 0 radical (unpaired) electrons. The molecule has 0 aliphatic carbocycles. The minimum Gasteiger partial charge on any atom is -0.348 e. The zero-order valence-corrected chi connectivity index (χ0v) is 13.5. The minimum absolute atomic E-state index is 0.312. The lowest BCUT2D eigenvalue weighted by Gasteiger charge is -2.11. The fourth-order valence-electron chi connectivity index (χ4n) is 2.32. The van der Waals surface area contributed by atoms with Crippen LogP contribution in [0.1, 0.15) is 41.3 Å². The van der Waals surface area contributed by atoms with Crippen molar-refractivity contribution in [3.63, 3.8) is 0 Å². The second-order valence-corrected chi connectivity index (χ2v) is 5.75. The monoisotopic (exact) mass is 298 g/mol. The maximum absolute atomic E-state index is 11.8. The normalized spacial score (nSPS) is 11.3. The van der Waals surface area contributed by atoms with Gasteiger partial charge in [-0.3, -0.25) is 9.78 Å². The van der Waals surface area contributed by atoms with Gasteiger partial charge in [0.05, 0.1) is 6.21 Å². The van der Waals surface area contributed by atoms with Gasteiger partial charge in [-0.2, -0.15) is 5.10 Å². The van der Waals surface area contributed by atoms with Crippen LogP contribution in [0, 0.1) is 19.8 Å². The molecule has 0 saturated carbocycles. The van der Waals surface area contributed by atoms with Gasteiger partial charge in [0.15, 0.2) is 0 Å². The van der Waals surface area contributed by atoms with Crippen molar-refractivity contribution in [1.82, 2.24) is 15.0 Å². The molecule has 0 aliphatic rings. The molecule has 2 rings (SSSR count). The molecule has 0 unspecified atom stereocenters. The Balaban J connectivity index is 2.06. The molecule has 2 heterocycles. The van der Waals surface area contributed by atoms with E-state index in [1.54, 1.807) is 30.6 Å². The van der Waals surface area contributed by atoms with E-state index in [4.69, 9.17) is 0 Å². The highest BCUT2D eigenvalue weighted by Crippen LogP contribution is 2.15. The van der Waals surface area contributed by atoms with Crippen LogP contribution in [0.5, 0.6) is 0 Å². The summed E-state index contributed by atoms with van der Waals surface area (Å²) in [6.07, 6.45) is 3.26. The van der Waals surface area contributed by atoms with E-state index in [2.05, 4.69) is 53.8 Å². The van der Waals surface area contributed by atoms with Crippen molar-refractivity contribution in [1.29, 1.82) is 0 Å². The summed E-state index contributed by atoms with van der Waals surface area (Å²) in [6, 6.07) is 7.27. The molecule has 1 amide bonds. The number of hydrogen-bond donors (Lipinski definition) is 1. The number of aromatic nitrogens is 2. The Morgan fingerprint density at radius 2 is 2.18 bits per heavy atom. The molecule has 0 fully saturated rings. The Hall–Kier alpha value is -2.43. The van der Waals surface area contributed by atoms with Gasteiger partial charge in [-0.05, 0) is 38.0 Å². The number of nitrogens with zero attached hydrogens (tertiary/aromatic N) is 3. The van der Waals surface area contributed by atoms with Gasteiger partial charge in [0.2, 0.25) is 0 Å². The fraction of sp³-hybridized carbons (Fsp3) is 0.353. The Labute approximate surface area is 131 Å². The second-order valence-electron chi connectivity index (χ2n) is 5.75. The number of aryl methyl sites for hydroxylation is 1. The van der Waals surface area contributed by atoms with Crippen LogP contribution in [0.2, 0.25) is 0 Å². The van der Waals surface area contributed by atoms with Gasteiger partial charge < -0.3 is 4.57 Å². The average Bonchev–Trinajstić information content (AvgIpc) is 2.75. The Kier molecular flexibility index (Phi) is 5.09. The SMILES string of the molecule is Cc1cc(C=NNC(=O)c2ccccn2)c(C)n1CC(C)C. The van der Waals surface area contributed by atoms with Crippen LogP contribution in [-0.2, 0) is 6.54 Å². The predicted molar refractivity (Wildman–Crippen MR) is 88.0 cm³/mol. The highest BCUT2D eigenvalue weighted by atomic mass is 16.2. The number of carbonyl (C=O) groups excluding carboxylic acids is 1. The van der Waals surface area contributed by atoms with E-state index in [1.165, 1.54) is 5.69 Å². The predicted octanol–water partition coefficient (Wildman–Crippen LogP) is 2.92. The number of hydrogen-bond acceptors (Lipinski definition) is 3. The molecule has 2 aromatic heterocycles. The molecule has 0 aliphatic heterocycles. The third-order valence-corrected chi connectivity index (χ3v) is 3.43. The second kappa shape index (κ2) is 7.02. The topological polar surface area (TPSA) is 59.3 Å². The molecular weight excluding hydrogens is 276 g/mol. The van der Waals surface area contributed by atoms with E-state index in [0.29, 0.717) is 11.6 Å². The lowest BCUT2D eigenvalue weighted by molar-refractivity contribution is 0.0950. The number of hydrazone groups is 1. The molecule has 0 atom stereocenters. The highest BCUT2D eigenvalue weighted by molar-refractivity contribution is 5.93. The molecule has 0 spiro atoms. The first-order chi connectivity index (χ1) is 10.5.